The Balaban J connectivity index is 0.00000300. The van der Waals surface area contributed by atoms with E-state index in [2.05, 4.69) is 20.4 Å². The largest absolute Gasteiger partial charge is 1.00 e. The lowest BCUT2D eigenvalue weighted by molar-refractivity contribution is -0.735. The second-order valence-electron chi connectivity index (χ2n) is 6.03. The molecule has 0 radical (unpaired) electrons. The Labute approximate surface area is 172 Å². The molecule has 29 heavy (non-hydrogen) atoms. The maximum Gasteiger partial charge on any atom is 0.287 e. The summed E-state index contributed by atoms with van der Waals surface area (Å²) in [6.07, 6.45) is 4.00. The minimum atomic E-state index is -0.983. The van der Waals surface area contributed by atoms with Crippen LogP contribution in [-0.2, 0) is 6.54 Å². The van der Waals surface area contributed by atoms with Crippen LogP contribution in [0.4, 0.5) is 0 Å². The number of azo groups is 1. The fourth-order valence-electron chi connectivity index (χ4n) is 2.59. The maximum absolute atomic E-state index is 10.3. The molecule has 3 rings (SSSR count). The summed E-state index contributed by atoms with van der Waals surface area (Å²) in [4.78, 5) is 0. The van der Waals surface area contributed by atoms with E-state index in [1.54, 1.807) is 49.6 Å². The molecular weight excluding hydrogens is 398 g/mol. The molecule has 11 heteroatoms. The van der Waals surface area contributed by atoms with Crippen molar-refractivity contribution in [3.8, 4) is 0 Å². The van der Waals surface area contributed by atoms with Gasteiger partial charge in [-0.05, 0) is 35.9 Å². The quantitative estimate of drug-likeness (QED) is 0.105. The summed E-state index contributed by atoms with van der Waals surface area (Å²) < 4.78 is 4.29. The van der Waals surface area contributed by atoms with Gasteiger partial charge in [-0.25, -0.2) is 0 Å². The van der Waals surface area contributed by atoms with Gasteiger partial charge in [0.15, 0.2) is 11.4 Å². The van der Waals surface area contributed by atoms with Crippen LogP contribution in [0.2, 0.25) is 0 Å². The summed E-state index contributed by atoms with van der Waals surface area (Å²) in [5.41, 5.74) is 1.26. The van der Waals surface area contributed by atoms with Crippen molar-refractivity contribution in [2.75, 3.05) is 13.2 Å². The highest BCUT2D eigenvalue weighted by Crippen LogP contribution is 2.10. The van der Waals surface area contributed by atoms with Gasteiger partial charge in [-0.2, -0.15) is 9.68 Å². The number of imidazole rings is 1. The van der Waals surface area contributed by atoms with Crippen molar-refractivity contribution < 1.29 is 32.4 Å². The Hall–Kier alpha value is -3.08. The highest BCUT2D eigenvalue weighted by atomic mass is 35.5. The van der Waals surface area contributed by atoms with Crippen LogP contribution in [0, 0.1) is 0 Å². The predicted molar refractivity (Wildman–Crippen MR) is 100 cm³/mol. The van der Waals surface area contributed by atoms with E-state index >= 15 is 0 Å². The van der Waals surface area contributed by atoms with Crippen LogP contribution in [0.5, 0.6) is 0 Å². The molecule has 1 atom stereocenters. The molecule has 2 aromatic heterocycles. The molecule has 154 valence electrons. The Morgan fingerprint density at radius 3 is 2.62 bits per heavy atom. The number of para-hydroxylation sites is 2. The molecule has 0 saturated carbocycles. The molecule has 0 aliphatic heterocycles. The third-order valence-electron chi connectivity index (χ3n) is 3.96. The lowest BCUT2D eigenvalue weighted by Gasteiger charge is -2.03. The zero-order valence-corrected chi connectivity index (χ0v) is 16.5. The minimum absolute atomic E-state index is 0. The molecule has 0 fully saturated rings. The summed E-state index contributed by atoms with van der Waals surface area (Å²) in [6, 6.07) is 10.7. The average molecular weight is 420 g/mol. The van der Waals surface area contributed by atoms with Crippen molar-refractivity contribution in [1.82, 2.24) is 9.30 Å². The van der Waals surface area contributed by atoms with E-state index in [1.807, 2.05) is 10.6 Å². The fourth-order valence-corrected chi connectivity index (χ4v) is 2.59. The van der Waals surface area contributed by atoms with Gasteiger partial charge in [0, 0.05) is 18.9 Å². The SMILES string of the molecule is CC(N=NCC(O)[n+]1cn(O)c2ccccc21)=NN=c1ccn(CCO)cc1.[Cl-]. The first-order valence-corrected chi connectivity index (χ1v) is 8.70. The number of benzene rings is 1. The number of aromatic nitrogens is 3. The first kappa shape index (κ1) is 22.2. The number of rotatable bonds is 6. The smallest absolute Gasteiger partial charge is 0.287 e. The van der Waals surface area contributed by atoms with Gasteiger partial charge < -0.3 is 32.4 Å². The fraction of sp³-hybridized carbons (Fsp3) is 0.278. The Morgan fingerprint density at radius 2 is 1.90 bits per heavy atom. The van der Waals surface area contributed by atoms with E-state index in [1.165, 1.54) is 10.9 Å². The van der Waals surface area contributed by atoms with Crippen molar-refractivity contribution in [1.29, 1.82) is 0 Å². The van der Waals surface area contributed by atoms with Gasteiger partial charge in [-0.15, -0.1) is 15.3 Å². The first-order chi connectivity index (χ1) is 13.6. The number of fused-ring (bicyclic) bond motifs is 1. The van der Waals surface area contributed by atoms with E-state index in [9.17, 15) is 10.3 Å². The number of aliphatic hydroxyl groups excluding tert-OH is 2. The lowest BCUT2D eigenvalue weighted by atomic mass is 10.3. The van der Waals surface area contributed by atoms with Crippen LogP contribution >= 0.6 is 0 Å². The van der Waals surface area contributed by atoms with Gasteiger partial charge >= 0.3 is 0 Å². The van der Waals surface area contributed by atoms with Gasteiger partial charge in [-0.1, -0.05) is 12.1 Å². The van der Waals surface area contributed by atoms with Gasteiger partial charge in [0.05, 0.1) is 12.0 Å². The molecule has 0 amide bonds. The summed E-state index contributed by atoms with van der Waals surface area (Å²) in [6.45, 7) is 2.24. The number of pyridine rings is 1. The lowest BCUT2D eigenvalue weighted by Crippen LogP contribution is -3.00. The Kier molecular flexibility index (Phi) is 8.01. The van der Waals surface area contributed by atoms with Gasteiger partial charge in [0.25, 0.3) is 6.33 Å². The average Bonchev–Trinajstić information content (AvgIpc) is 3.05. The van der Waals surface area contributed by atoms with Crippen LogP contribution in [0.3, 0.4) is 0 Å². The van der Waals surface area contributed by atoms with Crippen molar-refractivity contribution >= 4 is 16.9 Å². The molecule has 1 unspecified atom stereocenters. The number of nitrogens with zero attached hydrogens (tertiary/aromatic N) is 7. The molecule has 1 aromatic carbocycles. The Bertz CT molecular complexity index is 1050. The first-order valence-electron chi connectivity index (χ1n) is 8.70. The third-order valence-corrected chi connectivity index (χ3v) is 3.96. The summed E-state index contributed by atoms with van der Waals surface area (Å²) in [5.74, 6) is 0.342. The maximum atomic E-state index is 10.3. The van der Waals surface area contributed by atoms with Crippen molar-refractivity contribution in [3.05, 3.63) is 60.5 Å². The molecule has 0 saturated heterocycles. The minimum Gasteiger partial charge on any atom is -1.00 e. The van der Waals surface area contributed by atoms with E-state index in [0.717, 1.165) is 4.73 Å². The van der Waals surface area contributed by atoms with Crippen molar-refractivity contribution in [2.45, 2.75) is 19.7 Å². The molecule has 0 aliphatic carbocycles. The van der Waals surface area contributed by atoms with Crippen LogP contribution in [0.25, 0.3) is 11.0 Å². The zero-order chi connectivity index (χ0) is 19.9. The van der Waals surface area contributed by atoms with E-state index in [0.29, 0.717) is 28.8 Å². The molecule has 3 aromatic rings. The Morgan fingerprint density at radius 1 is 1.17 bits per heavy atom. The standard InChI is InChI=1S/C18H22N7O3.ClH/c1-14(21-22-15-6-8-23(9-7-15)10-11-26)20-19-12-18(27)24-13-25(28)17-5-3-2-4-16(17)24;/h2-9,13,18,26-28H,10-12H2,1H3;1H/q+1;/p-1. The van der Waals surface area contributed by atoms with Crippen LogP contribution in [0.15, 0.2) is 75.6 Å². The van der Waals surface area contributed by atoms with Crippen LogP contribution in [0.1, 0.15) is 13.2 Å². The third kappa shape index (κ3) is 5.70. The number of aliphatic hydroxyl groups is 2. The number of hydrogen-bond donors (Lipinski definition) is 3. The van der Waals surface area contributed by atoms with Gasteiger partial charge in [-0.3, -0.25) is 0 Å². The summed E-state index contributed by atoms with van der Waals surface area (Å²) in [5, 5.41) is 45.7. The molecule has 10 nitrogen and oxygen atoms in total. The molecule has 0 spiro atoms. The highest BCUT2D eigenvalue weighted by Gasteiger charge is 2.20. The van der Waals surface area contributed by atoms with Crippen molar-refractivity contribution in [2.24, 2.45) is 20.4 Å². The second-order valence-corrected chi connectivity index (χ2v) is 6.03. The van der Waals surface area contributed by atoms with Crippen LogP contribution < -0.4 is 22.3 Å². The number of hydrogen-bond acceptors (Lipinski definition) is 6. The number of amidine groups is 1. The van der Waals surface area contributed by atoms with Crippen molar-refractivity contribution in [3.63, 3.8) is 0 Å². The highest BCUT2D eigenvalue weighted by molar-refractivity contribution is 5.79. The summed E-state index contributed by atoms with van der Waals surface area (Å²) >= 11 is 0. The molecule has 0 aliphatic rings. The monoisotopic (exact) mass is 419 g/mol. The second kappa shape index (κ2) is 10.5. The van der Waals surface area contributed by atoms with Crippen LogP contribution in [-0.4, -0.2) is 43.7 Å². The molecule has 0 bridgehead atoms. The van der Waals surface area contributed by atoms with E-state index < -0.39 is 6.23 Å². The number of halogens is 1. The zero-order valence-electron chi connectivity index (χ0n) is 15.7. The molecule has 3 N–H and O–H groups in total. The normalized spacial score (nSPS) is 12.9. The topological polar surface area (TPSA) is 124 Å². The molecule has 2 heterocycles. The van der Waals surface area contributed by atoms with E-state index in [-0.39, 0.29) is 25.6 Å². The van der Waals surface area contributed by atoms with E-state index in [4.69, 9.17) is 5.11 Å². The molecular formula is C18H22ClN7O3. The predicted octanol–water partition coefficient (Wildman–Crippen LogP) is -2.16. The van der Waals surface area contributed by atoms with Gasteiger partial charge in [0.2, 0.25) is 11.7 Å². The summed E-state index contributed by atoms with van der Waals surface area (Å²) in [7, 11) is 0. The van der Waals surface area contributed by atoms with Gasteiger partial charge in [0.1, 0.15) is 6.54 Å².